The minimum atomic E-state index is -0.269. The van der Waals surface area contributed by atoms with E-state index < -0.39 is 0 Å². The zero-order valence-corrected chi connectivity index (χ0v) is 10.8. The molecule has 0 fully saturated rings. The maximum Gasteiger partial charge on any atom is 0.252 e. The average molecular weight is 247 g/mol. The van der Waals surface area contributed by atoms with Gasteiger partial charge in [-0.3, -0.25) is 4.79 Å². The number of terminal acetylenes is 1. The van der Waals surface area contributed by atoms with Gasteiger partial charge in [0, 0.05) is 11.6 Å². The molecule has 1 rings (SSSR count). The summed E-state index contributed by atoms with van der Waals surface area (Å²) in [6, 6.07) is 4.71. The summed E-state index contributed by atoms with van der Waals surface area (Å²) < 4.78 is 10.2. The van der Waals surface area contributed by atoms with Gasteiger partial charge in [-0.15, -0.1) is 6.42 Å². The number of benzene rings is 1. The van der Waals surface area contributed by atoms with Crippen molar-refractivity contribution in [2.45, 2.75) is 19.4 Å². The van der Waals surface area contributed by atoms with E-state index in [-0.39, 0.29) is 11.9 Å². The van der Waals surface area contributed by atoms with Gasteiger partial charge in [-0.05, 0) is 18.6 Å². The van der Waals surface area contributed by atoms with Gasteiger partial charge in [0.15, 0.2) is 0 Å². The number of methoxy groups -OCH3 is 2. The lowest BCUT2D eigenvalue weighted by atomic mass is 10.1. The molecule has 1 aromatic rings. The van der Waals surface area contributed by atoms with Crippen LogP contribution in [0, 0.1) is 12.3 Å². The van der Waals surface area contributed by atoms with E-state index in [9.17, 15) is 4.79 Å². The van der Waals surface area contributed by atoms with Crippen LogP contribution in [0.3, 0.4) is 0 Å². The molecular formula is C14H17NO3. The highest BCUT2D eigenvalue weighted by atomic mass is 16.5. The Bertz CT molecular complexity index is 440. The van der Waals surface area contributed by atoms with Crippen molar-refractivity contribution in [1.82, 2.24) is 5.32 Å². The Kier molecular flexibility index (Phi) is 5.06. The highest BCUT2D eigenvalue weighted by Gasteiger charge is 2.12. The third kappa shape index (κ3) is 3.42. The monoisotopic (exact) mass is 247 g/mol. The SMILES string of the molecule is C#CC(CC)NC(=O)c1cc(OC)cc(OC)c1. The number of hydrogen-bond donors (Lipinski definition) is 1. The molecule has 1 amide bonds. The van der Waals surface area contributed by atoms with Crippen LogP contribution in [0.2, 0.25) is 0 Å². The highest BCUT2D eigenvalue weighted by Crippen LogP contribution is 2.22. The van der Waals surface area contributed by atoms with E-state index in [0.29, 0.717) is 23.5 Å². The predicted molar refractivity (Wildman–Crippen MR) is 69.9 cm³/mol. The van der Waals surface area contributed by atoms with Crippen molar-refractivity contribution in [2.75, 3.05) is 14.2 Å². The summed E-state index contributed by atoms with van der Waals surface area (Å²) in [6.07, 6.45) is 5.99. The van der Waals surface area contributed by atoms with E-state index in [1.807, 2.05) is 6.92 Å². The molecule has 0 saturated heterocycles. The Labute approximate surface area is 107 Å². The molecule has 0 aliphatic carbocycles. The summed E-state index contributed by atoms with van der Waals surface area (Å²) in [5, 5.41) is 2.75. The van der Waals surface area contributed by atoms with Crippen LogP contribution < -0.4 is 14.8 Å². The van der Waals surface area contributed by atoms with E-state index in [2.05, 4.69) is 11.2 Å². The smallest absolute Gasteiger partial charge is 0.252 e. The van der Waals surface area contributed by atoms with Crippen LogP contribution in [0.1, 0.15) is 23.7 Å². The van der Waals surface area contributed by atoms with Crippen LogP contribution in [0.25, 0.3) is 0 Å². The summed E-state index contributed by atoms with van der Waals surface area (Å²) in [4.78, 5) is 12.0. The van der Waals surface area contributed by atoms with Crippen molar-refractivity contribution in [1.29, 1.82) is 0 Å². The fourth-order valence-electron chi connectivity index (χ4n) is 1.44. The topological polar surface area (TPSA) is 47.6 Å². The van der Waals surface area contributed by atoms with Crippen molar-refractivity contribution < 1.29 is 14.3 Å². The molecule has 1 atom stereocenters. The fourth-order valence-corrected chi connectivity index (χ4v) is 1.44. The van der Waals surface area contributed by atoms with E-state index in [4.69, 9.17) is 15.9 Å². The summed E-state index contributed by atoms with van der Waals surface area (Å²) >= 11 is 0. The second-order valence-electron chi connectivity index (χ2n) is 3.70. The summed E-state index contributed by atoms with van der Waals surface area (Å²) in [5.74, 6) is 3.40. The number of amides is 1. The Balaban J connectivity index is 2.95. The maximum atomic E-state index is 12.0. The molecule has 0 saturated carbocycles. The molecule has 0 aliphatic rings. The van der Waals surface area contributed by atoms with Crippen LogP contribution in [-0.4, -0.2) is 26.2 Å². The number of ether oxygens (including phenoxy) is 2. The third-order valence-corrected chi connectivity index (χ3v) is 2.53. The van der Waals surface area contributed by atoms with Crippen molar-refractivity contribution in [3.05, 3.63) is 23.8 Å². The summed E-state index contributed by atoms with van der Waals surface area (Å²) in [7, 11) is 3.07. The minimum Gasteiger partial charge on any atom is -0.497 e. The Morgan fingerprint density at radius 3 is 2.28 bits per heavy atom. The summed E-state index contributed by atoms with van der Waals surface area (Å²) in [5.41, 5.74) is 0.458. The third-order valence-electron chi connectivity index (χ3n) is 2.53. The fraction of sp³-hybridized carbons (Fsp3) is 0.357. The lowest BCUT2D eigenvalue weighted by molar-refractivity contribution is 0.0944. The van der Waals surface area contributed by atoms with Crippen LogP contribution >= 0.6 is 0 Å². The van der Waals surface area contributed by atoms with Crippen molar-refractivity contribution in [3.8, 4) is 23.8 Å². The molecule has 1 unspecified atom stereocenters. The molecule has 1 N–H and O–H groups in total. The quantitative estimate of drug-likeness (QED) is 0.808. The van der Waals surface area contributed by atoms with Gasteiger partial charge in [0.2, 0.25) is 0 Å². The number of nitrogens with one attached hydrogen (secondary N) is 1. The second kappa shape index (κ2) is 6.55. The van der Waals surface area contributed by atoms with Gasteiger partial charge in [-0.2, -0.15) is 0 Å². The van der Waals surface area contributed by atoms with Crippen molar-refractivity contribution in [2.24, 2.45) is 0 Å². The largest absolute Gasteiger partial charge is 0.497 e. The predicted octanol–water partition coefficient (Wildman–Crippen LogP) is 1.85. The van der Waals surface area contributed by atoms with Crippen LogP contribution in [-0.2, 0) is 0 Å². The molecule has 0 radical (unpaired) electrons. The van der Waals surface area contributed by atoms with Gasteiger partial charge < -0.3 is 14.8 Å². The molecule has 0 aromatic heterocycles. The maximum absolute atomic E-state index is 12.0. The Morgan fingerprint density at radius 1 is 1.33 bits per heavy atom. The highest BCUT2D eigenvalue weighted by molar-refractivity contribution is 5.95. The second-order valence-corrected chi connectivity index (χ2v) is 3.70. The van der Waals surface area contributed by atoms with E-state index in [1.165, 1.54) is 14.2 Å². The van der Waals surface area contributed by atoms with Gasteiger partial charge in [0.05, 0.1) is 20.3 Å². The molecule has 0 aliphatic heterocycles. The Morgan fingerprint density at radius 2 is 1.89 bits per heavy atom. The van der Waals surface area contributed by atoms with Gasteiger partial charge in [-0.1, -0.05) is 12.8 Å². The van der Waals surface area contributed by atoms with Gasteiger partial charge >= 0.3 is 0 Å². The van der Waals surface area contributed by atoms with Crippen LogP contribution in [0.5, 0.6) is 11.5 Å². The number of carbonyl (C=O) groups excluding carboxylic acids is 1. The van der Waals surface area contributed by atoms with Crippen LogP contribution in [0.4, 0.5) is 0 Å². The lowest BCUT2D eigenvalue weighted by Crippen LogP contribution is -2.33. The number of rotatable bonds is 5. The van der Waals surface area contributed by atoms with Gasteiger partial charge in [0.25, 0.3) is 5.91 Å². The molecule has 1 aromatic carbocycles. The molecular weight excluding hydrogens is 230 g/mol. The first-order valence-electron chi connectivity index (χ1n) is 5.64. The molecule has 4 nitrogen and oxygen atoms in total. The lowest BCUT2D eigenvalue weighted by Gasteiger charge is -2.12. The molecule has 0 heterocycles. The zero-order chi connectivity index (χ0) is 13.5. The standard InChI is InChI=1S/C14H17NO3/c1-5-11(6-2)15-14(16)10-7-12(17-3)9-13(8-10)18-4/h1,7-9,11H,6H2,2-4H3,(H,15,16). The first kappa shape index (κ1) is 13.9. The molecule has 0 bridgehead atoms. The molecule has 96 valence electrons. The number of carbonyl (C=O) groups is 1. The van der Waals surface area contributed by atoms with E-state index in [0.717, 1.165) is 0 Å². The zero-order valence-electron chi connectivity index (χ0n) is 10.8. The van der Waals surface area contributed by atoms with Gasteiger partial charge in [0.1, 0.15) is 11.5 Å². The Hall–Kier alpha value is -2.15. The molecule has 18 heavy (non-hydrogen) atoms. The van der Waals surface area contributed by atoms with Crippen molar-refractivity contribution in [3.63, 3.8) is 0 Å². The summed E-state index contributed by atoms with van der Waals surface area (Å²) in [6.45, 7) is 1.91. The minimum absolute atomic E-state index is 0.239. The van der Waals surface area contributed by atoms with Crippen molar-refractivity contribution >= 4 is 5.91 Å². The van der Waals surface area contributed by atoms with E-state index >= 15 is 0 Å². The van der Waals surface area contributed by atoms with E-state index in [1.54, 1.807) is 18.2 Å². The average Bonchev–Trinajstić information content (AvgIpc) is 2.43. The number of hydrogen-bond acceptors (Lipinski definition) is 3. The first-order chi connectivity index (χ1) is 8.64. The molecule has 4 heteroatoms. The molecule has 0 spiro atoms. The normalized spacial score (nSPS) is 11.2. The van der Waals surface area contributed by atoms with Gasteiger partial charge in [-0.25, -0.2) is 0 Å². The first-order valence-corrected chi connectivity index (χ1v) is 5.64. The van der Waals surface area contributed by atoms with Crippen LogP contribution in [0.15, 0.2) is 18.2 Å².